The Morgan fingerprint density at radius 3 is 2.19 bits per heavy atom. The van der Waals surface area contributed by atoms with Crippen LogP contribution in [0.3, 0.4) is 0 Å². The molecule has 0 fully saturated rings. The standard InChI is InChI=1S/C43H37BN2OSi/c1-26-22-29-28-24-38-31(43(3,4)30-15-8-11-19-37(30)47-38)25-35(28)46(33-17-9-7-14-27(33)2)44-32-16-13-21-40-42(32)45(36(23-26)41(29)44)34-18-10-12-20-39(34)48(40,5)6/h7-25H,1-6H3. The lowest BCUT2D eigenvalue weighted by Gasteiger charge is -2.50. The molecule has 0 saturated heterocycles. The fraction of sp³-hybridized carbons (Fsp3) is 0.163. The number of para-hydroxylation sites is 4. The summed E-state index contributed by atoms with van der Waals surface area (Å²) in [6.45, 7) is 14.3. The van der Waals surface area contributed by atoms with Crippen molar-refractivity contribution in [3.05, 3.63) is 138 Å². The molecule has 0 spiro atoms. The predicted octanol–water partition coefficient (Wildman–Crippen LogP) is 8.58. The molecule has 4 aliphatic rings. The van der Waals surface area contributed by atoms with E-state index in [2.05, 4.69) is 166 Å². The molecule has 3 nitrogen and oxygen atoms in total. The van der Waals surface area contributed by atoms with Crippen molar-refractivity contribution in [1.29, 1.82) is 0 Å². The van der Waals surface area contributed by atoms with E-state index in [1.54, 1.807) is 0 Å². The minimum Gasteiger partial charge on any atom is -0.457 e. The Labute approximate surface area is 284 Å². The zero-order valence-electron chi connectivity index (χ0n) is 28.3. The lowest BCUT2D eigenvalue weighted by molar-refractivity contribution is 0.418. The average Bonchev–Trinajstić information content (AvgIpc) is 3.08. The van der Waals surface area contributed by atoms with Crippen molar-refractivity contribution >= 4 is 64.7 Å². The SMILES string of the molecule is Cc1cc2c3c(c1)N1c4ccccc4[Si](C)(C)c4cccc(c41)B3N(c1ccccc1C)c1cc3c(cc1-2)Oc1ccccc1C3(C)C. The van der Waals surface area contributed by atoms with Crippen LogP contribution in [0.15, 0.2) is 115 Å². The van der Waals surface area contributed by atoms with Gasteiger partial charge in [0.2, 0.25) is 0 Å². The minimum atomic E-state index is -1.99. The van der Waals surface area contributed by atoms with E-state index in [0.29, 0.717) is 0 Å². The van der Waals surface area contributed by atoms with Gasteiger partial charge in [0.15, 0.2) is 0 Å². The highest BCUT2D eigenvalue weighted by Gasteiger charge is 2.50. The maximum absolute atomic E-state index is 6.75. The first-order valence-electron chi connectivity index (χ1n) is 17.1. The van der Waals surface area contributed by atoms with E-state index < -0.39 is 8.07 Å². The molecule has 0 radical (unpaired) electrons. The third-order valence-corrected chi connectivity index (χ3v) is 15.1. The highest BCUT2D eigenvalue weighted by molar-refractivity contribution is 7.04. The molecule has 5 heteroatoms. The van der Waals surface area contributed by atoms with Crippen LogP contribution in [0.1, 0.15) is 36.1 Å². The van der Waals surface area contributed by atoms with E-state index in [-0.39, 0.29) is 12.3 Å². The summed E-state index contributed by atoms with van der Waals surface area (Å²) < 4.78 is 6.75. The topological polar surface area (TPSA) is 15.7 Å². The maximum Gasteiger partial charge on any atom is 0.333 e. The zero-order chi connectivity index (χ0) is 32.7. The fourth-order valence-electron chi connectivity index (χ4n) is 9.28. The molecule has 0 unspecified atom stereocenters. The first kappa shape index (κ1) is 28.1. The van der Waals surface area contributed by atoms with E-state index >= 15 is 0 Å². The summed E-state index contributed by atoms with van der Waals surface area (Å²) in [4.78, 5) is 5.26. The van der Waals surface area contributed by atoms with Gasteiger partial charge in [-0.3, -0.25) is 0 Å². The first-order valence-corrected chi connectivity index (χ1v) is 20.1. The van der Waals surface area contributed by atoms with Crippen molar-refractivity contribution in [3.8, 4) is 22.6 Å². The van der Waals surface area contributed by atoms with Crippen LogP contribution in [-0.2, 0) is 5.41 Å². The lowest BCUT2D eigenvalue weighted by atomic mass is 9.43. The Bertz CT molecular complexity index is 2390. The Morgan fingerprint density at radius 2 is 1.35 bits per heavy atom. The second-order valence-corrected chi connectivity index (χ2v) is 19.4. The third kappa shape index (κ3) is 3.45. The monoisotopic (exact) mass is 636 g/mol. The van der Waals surface area contributed by atoms with Gasteiger partial charge < -0.3 is 14.4 Å². The molecule has 0 bridgehead atoms. The van der Waals surface area contributed by atoms with Gasteiger partial charge in [-0.2, -0.15) is 0 Å². The number of anilines is 5. The molecule has 0 atom stereocenters. The Hall–Kier alpha value is -5.00. The zero-order valence-corrected chi connectivity index (χ0v) is 29.3. The van der Waals surface area contributed by atoms with Crippen molar-refractivity contribution in [3.63, 3.8) is 0 Å². The summed E-state index contributed by atoms with van der Waals surface area (Å²) in [5.74, 6) is 1.90. The van der Waals surface area contributed by atoms with Gasteiger partial charge in [0.1, 0.15) is 19.6 Å². The van der Waals surface area contributed by atoms with E-state index in [9.17, 15) is 0 Å². The van der Waals surface area contributed by atoms with Crippen LogP contribution in [0.2, 0.25) is 13.1 Å². The van der Waals surface area contributed by atoms with Crippen LogP contribution in [0.25, 0.3) is 11.1 Å². The number of ether oxygens (including phenoxy) is 1. The van der Waals surface area contributed by atoms with Crippen molar-refractivity contribution in [2.24, 2.45) is 0 Å². The van der Waals surface area contributed by atoms with Gasteiger partial charge >= 0.3 is 6.85 Å². The van der Waals surface area contributed by atoms with Gasteiger partial charge in [0.05, 0.1) is 0 Å². The molecule has 10 rings (SSSR count). The van der Waals surface area contributed by atoms with Crippen LogP contribution >= 0.6 is 0 Å². The number of aryl methyl sites for hydroxylation is 2. The third-order valence-electron chi connectivity index (χ3n) is 11.6. The van der Waals surface area contributed by atoms with Gasteiger partial charge in [-0.15, -0.1) is 0 Å². The quantitative estimate of drug-likeness (QED) is 0.168. The largest absolute Gasteiger partial charge is 0.457 e. The number of benzene rings is 6. The van der Waals surface area contributed by atoms with Crippen molar-refractivity contribution in [1.82, 2.24) is 0 Å². The Morgan fingerprint density at radius 1 is 0.625 bits per heavy atom. The summed E-state index contributed by atoms with van der Waals surface area (Å²) in [5, 5.41) is 3.01. The molecule has 4 heterocycles. The molecule has 0 amide bonds. The fourth-order valence-corrected chi connectivity index (χ4v) is 12.3. The van der Waals surface area contributed by atoms with Gasteiger partial charge in [0, 0.05) is 50.5 Å². The van der Waals surface area contributed by atoms with E-state index in [4.69, 9.17) is 4.74 Å². The summed E-state index contributed by atoms with van der Waals surface area (Å²) >= 11 is 0. The molecular formula is C43H37BN2OSi. The highest BCUT2D eigenvalue weighted by Crippen LogP contribution is 2.54. The number of hydrogen-bond donors (Lipinski definition) is 0. The van der Waals surface area contributed by atoms with Crippen LogP contribution in [0.5, 0.6) is 11.5 Å². The molecule has 0 aromatic heterocycles. The van der Waals surface area contributed by atoms with E-state index in [0.717, 1.165) is 11.5 Å². The second-order valence-electron chi connectivity index (χ2n) is 15.1. The van der Waals surface area contributed by atoms with Gasteiger partial charge in [0.25, 0.3) is 0 Å². The van der Waals surface area contributed by atoms with Crippen molar-refractivity contribution in [2.75, 3.05) is 9.71 Å². The van der Waals surface area contributed by atoms with Crippen LogP contribution in [0.4, 0.5) is 28.4 Å². The van der Waals surface area contributed by atoms with Crippen molar-refractivity contribution in [2.45, 2.75) is 46.2 Å². The van der Waals surface area contributed by atoms with Crippen LogP contribution in [-0.4, -0.2) is 14.9 Å². The summed E-state index contributed by atoms with van der Waals surface area (Å²) in [6, 6.07) is 43.4. The Balaban J connectivity index is 1.35. The molecule has 0 N–H and O–H groups in total. The molecule has 6 aromatic carbocycles. The van der Waals surface area contributed by atoms with Gasteiger partial charge in [-0.25, -0.2) is 0 Å². The molecule has 48 heavy (non-hydrogen) atoms. The molecule has 6 aromatic rings. The normalized spacial score (nSPS) is 16.5. The van der Waals surface area contributed by atoms with Gasteiger partial charge in [-0.1, -0.05) is 106 Å². The maximum atomic E-state index is 6.75. The average molecular weight is 637 g/mol. The highest BCUT2D eigenvalue weighted by atomic mass is 28.3. The summed E-state index contributed by atoms with van der Waals surface area (Å²) in [5.41, 5.74) is 16.5. The van der Waals surface area contributed by atoms with E-state index in [1.165, 1.54) is 83.1 Å². The smallest absolute Gasteiger partial charge is 0.333 e. The second kappa shape index (κ2) is 9.33. The molecule has 4 aliphatic heterocycles. The number of rotatable bonds is 1. The first-order chi connectivity index (χ1) is 23.2. The summed E-state index contributed by atoms with van der Waals surface area (Å²) in [6.07, 6.45) is 0. The molecule has 0 aliphatic carbocycles. The molecular weight excluding hydrogens is 599 g/mol. The minimum absolute atomic E-state index is 0.0171. The number of fused-ring (bicyclic) bond motifs is 8. The summed E-state index contributed by atoms with van der Waals surface area (Å²) in [7, 11) is -1.99. The molecule has 232 valence electrons. The number of nitrogens with zero attached hydrogens (tertiary/aromatic N) is 2. The molecule has 0 saturated carbocycles. The van der Waals surface area contributed by atoms with Crippen LogP contribution < -0.4 is 35.7 Å². The van der Waals surface area contributed by atoms with Gasteiger partial charge in [-0.05, 0) is 88.2 Å². The van der Waals surface area contributed by atoms with Crippen LogP contribution in [0, 0.1) is 13.8 Å². The van der Waals surface area contributed by atoms with E-state index in [1.807, 2.05) is 0 Å². The lowest BCUT2D eigenvalue weighted by Crippen LogP contribution is -2.67. The predicted molar refractivity (Wildman–Crippen MR) is 205 cm³/mol. The Kier molecular flexibility index (Phi) is 5.45. The number of hydrogen-bond acceptors (Lipinski definition) is 3. The van der Waals surface area contributed by atoms with Crippen molar-refractivity contribution < 1.29 is 4.74 Å².